The first-order valence-corrected chi connectivity index (χ1v) is 8.71. The number of imidazole rings is 1. The third kappa shape index (κ3) is 3.54. The third-order valence-electron chi connectivity index (χ3n) is 3.68. The van der Waals surface area contributed by atoms with Crippen LogP contribution in [0.5, 0.6) is 5.75 Å². The molecule has 0 aliphatic rings. The van der Waals surface area contributed by atoms with Gasteiger partial charge in [-0.25, -0.2) is 4.98 Å². The molecular weight excluding hydrogens is 322 g/mol. The Bertz CT molecular complexity index is 833. The van der Waals surface area contributed by atoms with Crippen molar-refractivity contribution in [1.29, 1.82) is 0 Å². The number of carbonyl (C=O) groups is 1. The Morgan fingerprint density at radius 2 is 2.04 bits per heavy atom. The molecule has 0 atom stereocenters. The number of H-pyrrole nitrogens is 1. The highest BCUT2D eigenvalue weighted by molar-refractivity contribution is 7.99. The monoisotopic (exact) mass is 341 g/mol. The first kappa shape index (κ1) is 16.4. The number of hydrogen-bond acceptors (Lipinski definition) is 4. The number of aromatic amines is 1. The van der Waals surface area contributed by atoms with E-state index < -0.39 is 0 Å². The van der Waals surface area contributed by atoms with Crippen molar-refractivity contribution in [2.45, 2.75) is 12.1 Å². The molecule has 2 aromatic carbocycles. The molecule has 24 heavy (non-hydrogen) atoms. The molecule has 3 rings (SSSR count). The molecule has 124 valence electrons. The number of amides is 1. The number of ether oxygens (including phenoxy) is 1. The van der Waals surface area contributed by atoms with Crippen LogP contribution in [0.25, 0.3) is 11.0 Å². The van der Waals surface area contributed by atoms with Gasteiger partial charge in [0.25, 0.3) is 0 Å². The third-order valence-corrected chi connectivity index (χ3v) is 4.54. The Balaban J connectivity index is 1.69. The predicted octanol–water partition coefficient (Wildman–Crippen LogP) is 3.72. The molecule has 0 saturated carbocycles. The van der Waals surface area contributed by atoms with Gasteiger partial charge in [-0.1, -0.05) is 30.0 Å². The summed E-state index contributed by atoms with van der Waals surface area (Å²) in [5, 5.41) is 0.732. The average molecular weight is 341 g/mol. The number of anilines is 1. The lowest BCUT2D eigenvalue weighted by atomic mass is 10.3. The lowest BCUT2D eigenvalue weighted by Gasteiger charge is -2.20. The van der Waals surface area contributed by atoms with Gasteiger partial charge in [0.1, 0.15) is 5.75 Å². The lowest BCUT2D eigenvalue weighted by Crippen LogP contribution is -2.32. The van der Waals surface area contributed by atoms with Gasteiger partial charge in [-0.05, 0) is 31.2 Å². The van der Waals surface area contributed by atoms with Crippen molar-refractivity contribution in [1.82, 2.24) is 9.97 Å². The van der Waals surface area contributed by atoms with Crippen molar-refractivity contribution in [3.8, 4) is 5.75 Å². The van der Waals surface area contributed by atoms with E-state index in [1.54, 1.807) is 12.0 Å². The number of thioether (sulfide) groups is 1. The van der Waals surface area contributed by atoms with Crippen molar-refractivity contribution in [2.75, 3.05) is 24.3 Å². The number of hydrogen-bond donors (Lipinski definition) is 1. The van der Waals surface area contributed by atoms with Gasteiger partial charge in [-0.15, -0.1) is 0 Å². The first-order valence-electron chi connectivity index (χ1n) is 7.73. The summed E-state index contributed by atoms with van der Waals surface area (Å²) >= 11 is 1.41. The maximum absolute atomic E-state index is 12.5. The zero-order chi connectivity index (χ0) is 16.9. The van der Waals surface area contributed by atoms with E-state index in [1.807, 2.05) is 55.5 Å². The fourth-order valence-corrected chi connectivity index (χ4v) is 3.24. The van der Waals surface area contributed by atoms with E-state index in [-0.39, 0.29) is 5.91 Å². The molecule has 0 bridgehead atoms. The van der Waals surface area contributed by atoms with E-state index in [2.05, 4.69) is 9.97 Å². The van der Waals surface area contributed by atoms with Crippen molar-refractivity contribution >= 4 is 34.4 Å². The number of nitrogens with one attached hydrogen (secondary N) is 1. The summed E-state index contributed by atoms with van der Waals surface area (Å²) in [5.74, 6) is 1.17. The summed E-state index contributed by atoms with van der Waals surface area (Å²) in [6, 6.07) is 15.4. The minimum Gasteiger partial charge on any atom is -0.497 e. The van der Waals surface area contributed by atoms with E-state index in [0.29, 0.717) is 12.3 Å². The van der Waals surface area contributed by atoms with Gasteiger partial charge in [-0.2, -0.15) is 0 Å². The van der Waals surface area contributed by atoms with Gasteiger partial charge in [0.05, 0.1) is 23.9 Å². The summed E-state index contributed by atoms with van der Waals surface area (Å²) in [6.45, 7) is 2.61. The molecule has 0 aliphatic heterocycles. The second kappa shape index (κ2) is 7.40. The fourth-order valence-electron chi connectivity index (χ4n) is 2.48. The van der Waals surface area contributed by atoms with E-state index in [4.69, 9.17) is 4.74 Å². The summed E-state index contributed by atoms with van der Waals surface area (Å²) in [4.78, 5) is 22.0. The van der Waals surface area contributed by atoms with E-state index in [0.717, 1.165) is 27.6 Å². The van der Waals surface area contributed by atoms with Crippen molar-refractivity contribution in [3.05, 3.63) is 48.5 Å². The molecule has 1 aromatic heterocycles. The second-order valence-corrected chi connectivity index (χ2v) is 6.15. The molecule has 5 nitrogen and oxygen atoms in total. The van der Waals surface area contributed by atoms with Crippen LogP contribution in [-0.4, -0.2) is 35.3 Å². The number of aromatic nitrogens is 2. The molecule has 6 heteroatoms. The molecule has 3 aromatic rings. The molecular formula is C18H19N3O2S. The Morgan fingerprint density at radius 3 is 2.75 bits per heavy atom. The normalized spacial score (nSPS) is 10.8. The molecule has 1 heterocycles. The van der Waals surface area contributed by atoms with E-state index >= 15 is 0 Å². The largest absolute Gasteiger partial charge is 0.497 e. The molecule has 0 fully saturated rings. The summed E-state index contributed by atoms with van der Waals surface area (Å²) in [5.41, 5.74) is 2.68. The van der Waals surface area contributed by atoms with Gasteiger partial charge in [0.2, 0.25) is 5.91 Å². The van der Waals surface area contributed by atoms with Gasteiger partial charge < -0.3 is 14.6 Å². The van der Waals surface area contributed by atoms with Crippen LogP contribution in [0.4, 0.5) is 5.69 Å². The van der Waals surface area contributed by atoms with Crippen LogP contribution in [0, 0.1) is 0 Å². The molecule has 0 aliphatic carbocycles. The Hall–Kier alpha value is -2.47. The van der Waals surface area contributed by atoms with Crippen LogP contribution in [-0.2, 0) is 4.79 Å². The van der Waals surface area contributed by atoms with Crippen LogP contribution in [0.3, 0.4) is 0 Å². The number of carbonyl (C=O) groups excluding carboxylic acids is 1. The number of rotatable bonds is 6. The average Bonchev–Trinajstić information content (AvgIpc) is 3.03. The fraction of sp³-hybridized carbons (Fsp3) is 0.222. The summed E-state index contributed by atoms with van der Waals surface area (Å²) in [6.07, 6.45) is 0. The number of para-hydroxylation sites is 1. The van der Waals surface area contributed by atoms with Crippen LogP contribution in [0.2, 0.25) is 0 Å². The minimum absolute atomic E-state index is 0.0618. The van der Waals surface area contributed by atoms with Crippen molar-refractivity contribution in [2.24, 2.45) is 0 Å². The lowest BCUT2D eigenvalue weighted by molar-refractivity contribution is -0.116. The number of nitrogens with zero attached hydrogens (tertiary/aromatic N) is 2. The zero-order valence-electron chi connectivity index (χ0n) is 13.7. The highest BCUT2D eigenvalue weighted by Gasteiger charge is 2.15. The first-order chi connectivity index (χ1) is 11.7. The van der Waals surface area contributed by atoms with E-state index in [9.17, 15) is 4.79 Å². The van der Waals surface area contributed by atoms with Crippen LogP contribution in [0.1, 0.15) is 6.92 Å². The summed E-state index contributed by atoms with van der Waals surface area (Å²) < 4.78 is 5.21. The highest BCUT2D eigenvalue weighted by atomic mass is 32.2. The Labute approximate surface area is 145 Å². The number of benzene rings is 2. The minimum atomic E-state index is 0.0618. The van der Waals surface area contributed by atoms with E-state index in [1.165, 1.54) is 11.8 Å². The van der Waals surface area contributed by atoms with Gasteiger partial charge in [0.15, 0.2) is 5.16 Å². The van der Waals surface area contributed by atoms with Crippen LogP contribution < -0.4 is 9.64 Å². The quantitative estimate of drug-likeness (QED) is 0.694. The SMILES string of the molecule is CCN(C(=O)CSc1nc2ccc(OC)cc2[nH]1)c1ccccc1. The Kier molecular flexibility index (Phi) is 5.05. The molecule has 1 N–H and O–H groups in total. The smallest absolute Gasteiger partial charge is 0.237 e. The number of methoxy groups -OCH3 is 1. The maximum atomic E-state index is 12.5. The maximum Gasteiger partial charge on any atom is 0.237 e. The second-order valence-electron chi connectivity index (χ2n) is 5.19. The molecule has 0 saturated heterocycles. The van der Waals surface area contributed by atoms with Gasteiger partial charge in [-0.3, -0.25) is 4.79 Å². The van der Waals surface area contributed by atoms with Gasteiger partial charge in [0, 0.05) is 18.3 Å². The standard InChI is InChI=1S/C18H19N3O2S/c1-3-21(13-7-5-4-6-8-13)17(22)12-24-18-19-15-10-9-14(23-2)11-16(15)20-18/h4-11H,3,12H2,1-2H3,(H,19,20). The van der Waals surface area contributed by atoms with Crippen LogP contribution in [0.15, 0.2) is 53.7 Å². The molecule has 0 unspecified atom stereocenters. The Morgan fingerprint density at radius 1 is 1.25 bits per heavy atom. The molecule has 0 radical (unpaired) electrons. The van der Waals surface area contributed by atoms with Crippen LogP contribution >= 0.6 is 11.8 Å². The van der Waals surface area contributed by atoms with Crippen molar-refractivity contribution < 1.29 is 9.53 Å². The molecule has 1 amide bonds. The predicted molar refractivity (Wildman–Crippen MR) is 97.8 cm³/mol. The van der Waals surface area contributed by atoms with Crippen molar-refractivity contribution in [3.63, 3.8) is 0 Å². The zero-order valence-corrected chi connectivity index (χ0v) is 14.5. The molecule has 0 spiro atoms. The summed E-state index contributed by atoms with van der Waals surface area (Å²) in [7, 11) is 1.63. The highest BCUT2D eigenvalue weighted by Crippen LogP contribution is 2.24. The number of fused-ring (bicyclic) bond motifs is 1. The topological polar surface area (TPSA) is 58.2 Å². The van der Waals surface area contributed by atoms with Gasteiger partial charge >= 0.3 is 0 Å².